The van der Waals surface area contributed by atoms with Crippen molar-refractivity contribution in [2.75, 3.05) is 14.2 Å². The van der Waals surface area contributed by atoms with Crippen LogP contribution in [0.3, 0.4) is 0 Å². The number of nitrogens with zero attached hydrogens (tertiary/aromatic N) is 2. The van der Waals surface area contributed by atoms with E-state index in [-0.39, 0.29) is 6.04 Å². The van der Waals surface area contributed by atoms with Gasteiger partial charge in [-0.25, -0.2) is 0 Å². The molecule has 0 aliphatic carbocycles. The Morgan fingerprint density at radius 2 is 1.95 bits per heavy atom. The minimum atomic E-state index is 0.0818. The predicted molar refractivity (Wildman–Crippen MR) is 81.2 cm³/mol. The van der Waals surface area contributed by atoms with E-state index in [1.165, 1.54) is 11.1 Å². The van der Waals surface area contributed by atoms with E-state index in [1.807, 2.05) is 11.7 Å². The highest BCUT2D eigenvalue weighted by molar-refractivity contribution is 5.37. The normalized spacial score (nSPS) is 12.4. The molecule has 0 amide bonds. The molecule has 0 saturated heterocycles. The average Bonchev–Trinajstić information content (AvgIpc) is 2.91. The maximum Gasteiger partial charge on any atom is 0.161 e. The van der Waals surface area contributed by atoms with Crippen LogP contribution >= 0.6 is 0 Å². The van der Waals surface area contributed by atoms with Crippen LogP contribution in [0, 0.1) is 0 Å². The number of hydrogen-bond donors (Lipinski definition) is 1. The highest BCUT2D eigenvalue weighted by Gasteiger charge is 2.21. The summed E-state index contributed by atoms with van der Waals surface area (Å²) in [5.41, 5.74) is 3.64. The smallest absolute Gasteiger partial charge is 0.161 e. The molecule has 1 aromatic heterocycles. The van der Waals surface area contributed by atoms with Gasteiger partial charge in [-0.1, -0.05) is 31.2 Å². The molecule has 20 heavy (non-hydrogen) atoms. The van der Waals surface area contributed by atoms with Crippen LogP contribution in [0.15, 0.2) is 30.5 Å². The molecule has 0 radical (unpaired) electrons. The minimum absolute atomic E-state index is 0.0818. The van der Waals surface area contributed by atoms with Gasteiger partial charge in [-0.3, -0.25) is 4.68 Å². The molecule has 0 aliphatic rings. The summed E-state index contributed by atoms with van der Waals surface area (Å²) in [5.74, 6) is 0.825. The lowest BCUT2D eigenvalue weighted by Crippen LogP contribution is -2.22. The molecule has 2 rings (SSSR count). The van der Waals surface area contributed by atoms with Crippen LogP contribution in [0.1, 0.15) is 36.7 Å². The Bertz CT molecular complexity index is 524. The molecule has 0 bridgehead atoms. The maximum atomic E-state index is 5.45. The van der Waals surface area contributed by atoms with Crippen molar-refractivity contribution in [3.8, 4) is 5.75 Å². The number of aromatic nitrogens is 2. The fourth-order valence-corrected chi connectivity index (χ4v) is 2.49. The van der Waals surface area contributed by atoms with Gasteiger partial charge in [0.1, 0.15) is 5.69 Å². The summed E-state index contributed by atoms with van der Waals surface area (Å²) in [6.45, 7) is 5.08. The van der Waals surface area contributed by atoms with Crippen molar-refractivity contribution in [2.24, 2.45) is 0 Å². The van der Waals surface area contributed by atoms with E-state index in [4.69, 9.17) is 4.74 Å². The van der Waals surface area contributed by atoms with Gasteiger partial charge in [0.25, 0.3) is 0 Å². The Labute approximate surface area is 120 Å². The molecule has 2 aromatic rings. The molecular weight excluding hydrogens is 250 g/mol. The zero-order valence-corrected chi connectivity index (χ0v) is 12.7. The van der Waals surface area contributed by atoms with Crippen molar-refractivity contribution in [2.45, 2.75) is 32.9 Å². The van der Waals surface area contributed by atoms with E-state index in [1.54, 1.807) is 13.3 Å². The van der Waals surface area contributed by atoms with Gasteiger partial charge in [0.05, 0.1) is 19.3 Å². The molecule has 108 valence electrons. The van der Waals surface area contributed by atoms with Gasteiger partial charge in [-0.2, -0.15) is 5.10 Å². The molecule has 4 nitrogen and oxygen atoms in total. The zero-order valence-electron chi connectivity index (χ0n) is 12.7. The molecule has 4 heteroatoms. The second-order valence-corrected chi connectivity index (χ2v) is 4.73. The van der Waals surface area contributed by atoms with Gasteiger partial charge < -0.3 is 10.1 Å². The summed E-state index contributed by atoms with van der Waals surface area (Å²) in [6, 6.07) is 8.79. The quantitative estimate of drug-likeness (QED) is 0.879. The Hall–Kier alpha value is -1.81. The SMILES string of the molecule is CCc1ccc(C(NC)c2c(OC)cnn2CC)cc1. The van der Waals surface area contributed by atoms with Crippen molar-refractivity contribution in [1.82, 2.24) is 15.1 Å². The van der Waals surface area contributed by atoms with E-state index in [2.05, 4.69) is 48.5 Å². The second-order valence-electron chi connectivity index (χ2n) is 4.73. The van der Waals surface area contributed by atoms with Gasteiger partial charge in [-0.15, -0.1) is 0 Å². The lowest BCUT2D eigenvalue weighted by Gasteiger charge is -2.19. The van der Waals surface area contributed by atoms with Crippen LogP contribution in [0.5, 0.6) is 5.75 Å². The molecular formula is C16H23N3O. The second kappa shape index (κ2) is 6.57. The first-order chi connectivity index (χ1) is 9.74. The molecule has 1 N–H and O–H groups in total. The Morgan fingerprint density at radius 3 is 2.45 bits per heavy atom. The molecule has 0 aliphatic heterocycles. The van der Waals surface area contributed by atoms with Crippen molar-refractivity contribution < 1.29 is 4.74 Å². The molecule has 1 heterocycles. The molecule has 1 aromatic carbocycles. The number of aryl methyl sites for hydroxylation is 2. The zero-order chi connectivity index (χ0) is 14.5. The fraction of sp³-hybridized carbons (Fsp3) is 0.438. The van der Waals surface area contributed by atoms with Crippen LogP contribution < -0.4 is 10.1 Å². The average molecular weight is 273 g/mol. The first-order valence-electron chi connectivity index (χ1n) is 7.10. The molecule has 1 atom stereocenters. The van der Waals surface area contributed by atoms with E-state index >= 15 is 0 Å². The first kappa shape index (κ1) is 14.6. The van der Waals surface area contributed by atoms with Crippen LogP contribution in [-0.4, -0.2) is 23.9 Å². The third kappa shape index (κ3) is 2.70. The van der Waals surface area contributed by atoms with E-state index in [0.29, 0.717) is 0 Å². The predicted octanol–water partition coefficient (Wildman–Crippen LogP) is 2.78. The van der Waals surface area contributed by atoms with Gasteiger partial charge in [0, 0.05) is 6.54 Å². The number of ether oxygens (including phenoxy) is 1. The standard InChI is InChI=1S/C16H23N3O/c1-5-12-7-9-13(10-8-12)15(17-3)16-14(20-4)11-18-19(16)6-2/h7-11,15,17H,5-6H2,1-4H3. The molecule has 1 unspecified atom stereocenters. The highest BCUT2D eigenvalue weighted by atomic mass is 16.5. The van der Waals surface area contributed by atoms with Crippen LogP contribution in [-0.2, 0) is 13.0 Å². The van der Waals surface area contributed by atoms with E-state index in [9.17, 15) is 0 Å². The summed E-state index contributed by atoms with van der Waals surface area (Å²) in [7, 11) is 3.65. The van der Waals surface area contributed by atoms with Crippen molar-refractivity contribution in [3.63, 3.8) is 0 Å². The van der Waals surface area contributed by atoms with Crippen LogP contribution in [0.4, 0.5) is 0 Å². The number of rotatable bonds is 6. The number of hydrogen-bond acceptors (Lipinski definition) is 3. The third-order valence-electron chi connectivity index (χ3n) is 3.65. The van der Waals surface area contributed by atoms with Gasteiger partial charge >= 0.3 is 0 Å². The lowest BCUT2D eigenvalue weighted by molar-refractivity contribution is 0.401. The number of methoxy groups -OCH3 is 1. The maximum absolute atomic E-state index is 5.45. The number of nitrogens with one attached hydrogen (secondary N) is 1. The molecule has 0 spiro atoms. The monoisotopic (exact) mass is 273 g/mol. The fourth-order valence-electron chi connectivity index (χ4n) is 2.49. The van der Waals surface area contributed by atoms with Crippen molar-refractivity contribution in [3.05, 3.63) is 47.3 Å². The van der Waals surface area contributed by atoms with Gasteiger partial charge in [-0.05, 0) is 31.5 Å². The summed E-state index contributed by atoms with van der Waals surface area (Å²) >= 11 is 0. The number of benzene rings is 1. The van der Waals surface area contributed by atoms with E-state index < -0.39 is 0 Å². The summed E-state index contributed by atoms with van der Waals surface area (Å²) in [6.07, 6.45) is 2.84. The van der Waals surface area contributed by atoms with Crippen LogP contribution in [0.25, 0.3) is 0 Å². The highest BCUT2D eigenvalue weighted by Crippen LogP contribution is 2.29. The van der Waals surface area contributed by atoms with Gasteiger partial charge in [0.15, 0.2) is 5.75 Å². The Kier molecular flexibility index (Phi) is 4.79. The first-order valence-corrected chi connectivity index (χ1v) is 7.10. The molecule has 0 fully saturated rings. The molecule has 0 saturated carbocycles. The van der Waals surface area contributed by atoms with Crippen molar-refractivity contribution >= 4 is 0 Å². The van der Waals surface area contributed by atoms with Crippen LogP contribution in [0.2, 0.25) is 0 Å². The Balaban J connectivity index is 2.42. The summed E-state index contributed by atoms with van der Waals surface area (Å²) in [4.78, 5) is 0. The minimum Gasteiger partial charge on any atom is -0.493 e. The van der Waals surface area contributed by atoms with E-state index in [0.717, 1.165) is 24.4 Å². The third-order valence-corrected chi connectivity index (χ3v) is 3.65. The summed E-state index contributed by atoms with van der Waals surface area (Å²) < 4.78 is 7.43. The van der Waals surface area contributed by atoms with Gasteiger partial charge in [0.2, 0.25) is 0 Å². The van der Waals surface area contributed by atoms with Crippen molar-refractivity contribution in [1.29, 1.82) is 0 Å². The lowest BCUT2D eigenvalue weighted by atomic mass is 10.0. The Morgan fingerprint density at radius 1 is 1.25 bits per heavy atom. The summed E-state index contributed by atoms with van der Waals surface area (Å²) in [5, 5.41) is 7.75. The topological polar surface area (TPSA) is 39.1 Å². The largest absolute Gasteiger partial charge is 0.493 e.